The first-order valence-corrected chi connectivity index (χ1v) is 4.23. The molecule has 0 aromatic heterocycles. The third kappa shape index (κ3) is 7.98. The fraction of sp³-hybridized carbons (Fsp3) is 1.00. The summed E-state index contributed by atoms with van der Waals surface area (Å²) in [5.41, 5.74) is -1.74. The minimum atomic E-state index is -0.870. The number of hydrogen-bond acceptors (Lipinski definition) is 3. The highest BCUT2D eigenvalue weighted by Gasteiger charge is 2.24. The first-order chi connectivity index (χ1) is 5.10. The molecule has 0 spiro atoms. The SMILES string of the molecule is CC(C)(O)CC(O)CC(C)(C)O. The molecule has 0 aliphatic carbocycles. The maximum Gasteiger partial charge on any atom is 0.0616 e. The molecule has 0 aliphatic heterocycles. The van der Waals surface area contributed by atoms with Crippen molar-refractivity contribution in [3.8, 4) is 0 Å². The molecule has 0 rings (SSSR count). The van der Waals surface area contributed by atoms with Gasteiger partial charge in [-0.3, -0.25) is 0 Å². The van der Waals surface area contributed by atoms with E-state index in [1.165, 1.54) is 0 Å². The van der Waals surface area contributed by atoms with Crippen LogP contribution in [-0.4, -0.2) is 32.6 Å². The van der Waals surface area contributed by atoms with E-state index in [-0.39, 0.29) is 12.8 Å². The molecule has 0 aromatic rings. The zero-order valence-electron chi connectivity index (χ0n) is 8.33. The predicted molar refractivity (Wildman–Crippen MR) is 47.8 cm³/mol. The van der Waals surface area contributed by atoms with E-state index in [1.54, 1.807) is 27.7 Å². The van der Waals surface area contributed by atoms with Gasteiger partial charge in [-0.05, 0) is 27.7 Å². The first kappa shape index (κ1) is 11.9. The zero-order valence-corrected chi connectivity index (χ0v) is 8.33. The highest BCUT2D eigenvalue weighted by molar-refractivity contribution is 4.76. The molecule has 0 atom stereocenters. The van der Waals surface area contributed by atoms with Gasteiger partial charge >= 0.3 is 0 Å². The number of rotatable bonds is 4. The molecule has 0 fully saturated rings. The molecule has 0 aromatic carbocycles. The molecule has 74 valence electrons. The van der Waals surface area contributed by atoms with Gasteiger partial charge < -0.3 is 15.3 Å². The van der Waals surface area contributed by atoms with E-state index >= 15 is 0 Å². The quantitative estimate of drug-likeness (QED) is 0.590. The van der Waals surface area contributed by atoms with Gasteiger partial charge in [0.05, 0.1) is 17.3 Å². The summed E-state index contributed by atoms with van der Waals surface area (Å²) in [6.45, 7) is 6.56. The summed E-state index contributed by atoms with van der Waals surface area (Å²) in [6.07, 6.45) is -0.0708. The van der Waals surface area contributed by atoms with Crippen LogP contribution in [0.1, 0.15) is 40.5 Å². The van der Waals surface area contributed by atoms with Crippen LogP contribution >= 0.6 is 0 Å². The molecule has 3 nitrogen and oxygen atoms in total. The van der Waals surface area contributed by atoms with Crippen LogP contribution in [0.25, 0.3) is 0 Å². The molecule has 0 saturated heterocycles. The van der Waals surface area contributed by atoms with Crippen molar-refractivity contribution < 1.29 is 15.3 Å². The number of aliphatic hydroxyl groups is 3. The monoisotopic (exact) mass is 176 g/mol. The van der Waals surface area contributed by atoms with E-state index in [2.05, 4.69) is 0 Å². The molecule has 0 radical (unpaired) electrons. The standard InChI is InChI=1S/C9H20O3/c1-8(2,11)5-7(10)6-9(3,4)12/h7,10-12H,5-6H2,1-4H3. The predicted octanol–water partition coefficient (Wildman–Crippen LogP) is 0.669. The van der Waals surface area contributed by atoms with Crippen LogP contribution in [0.3, 0.4) is 0 Å². The van der Waals surface area contributed by atoms with Gasteiger partial charge in [0.25, 0.3) is 0 Å². The lowest BCUT2D eigenvalue weighted by Crippen LogP contribution is -2.32. The zero-order chi connectivity index (χ0) is 9.99. The van der Waals surface area contributed by atoms with E-state index in [9.17, 15) is 15.3 Å². The topological polar surface area (TPSA) is 60.7 Å². The minimum absolute atomic E-state index is 0.289. The lowest BCUT2D eigenvalue weighted by molar-refractivity contribution is -0.0241. The second-order valence-electron chi connectivity index (χ2n) is 4.69. The van der Waals surface area contributed by atoms with Crippen molar-refractivity contribution in [2.75, 3.05) is 0 Å². The van der Waals surface area contributed by atoms with Crippen molar-refractivity contribution >= 4 is 0 Å². The van der Waals surface area contributed by atoms with E-state index in [1.807, 2.05) is 0 Å². The lowest BCUT2D eigenvalue weighted by Gasteiger charge is -2.25. The largest absolute Gasteiger partial charge is 0.393 e. The summed E-state index contributed by atoms with van der Waals surface area (Å²) in [5.74, 6) is 0. The van der Waals surface area contributed by atoms with E-state index in [0.29, 0.717) is 0 Å². The van der Waals surface area contributed by atoms with Gasteiger partial charge in [0.1, 0.15) is 0 Å². The van der Waals surface area contributed by atoms with Gasteiger partial charge in [0.15, 0.2) is 0 Å². The molecule has 12 heavy (non-hydrogen) atoms. The fourth-order valence-corrected chi connectivity index (χ4v) is 1.23. The molecular weight excluding hydrogens is 156 g/mol. The van der Waals surface area contributed by atoms with E-state index in [4.69, 9.17) is 0 Å². The normalized spacial score (nSPS) is 14.0. The Kier molecular flexibility index (Phi) is 3.69. The lowest BCUT2D eigenvalue weighted by atomic mass is 9.93. The van der Waals surface area contributed by atoms with Crippen LogP contribution in [0.5, 0.6) is 0 Å². The Morgan fingerprint density at radius 1 is 0.917 bits per heavy atom. The third-order valence-electron chi connectivity index (χ3n) is 1.47. The van der Waals surface area contributed by atoms with Crippen molar-refractivity contribution in [3.63, 3.8) is 0 Å². The molecule has 0 heterocycles. The second kappa shape index (κ2) is 3.73. The third-order valence-corrected chi connectivity index (χ3v) is 1.47. The Morgan fingerprint density at radius 2 is 1.17 bits per heavy atom. The van der Waals surface area contributed by atoms with Crippen molar-refractivity contribution in [2.45, 2.75) is 57.8 Å². The Labute approximate surface area is 74.0 Å². The summed E-state index contributed by atoms with van der Waals surface area (Å²) >= 11 is 0. The summed E-state index contributed by atoms with van der Waals surface area (Å²) in [7, 11) is 0. The van der Waals surface area contributed by atoms with Crippen LogP contribution in [0.2, 0.25) is 0 Å². The Bertz CT molecular complexity index is 114. The van der Waals surface area contributed by atoms with E-state index < -0.39 is 17.3 Å². The molecule has 0 saturated carbocycles. The molecule has 0 aliphatic rings. The highest BCUT2D eigenvalue weighted by atomic mass is 16.3. The molecule has 0 bridgehead atoms. The van der Waals surface area contributed by atoms with Crippen molar-refractivity contribution in [1.29, 1.82) is 0 Å². The van der Waals surface area contributed by atoms with Gasteiger partial charge in [-0.15, -0.1) is 0 Å². The van der Waals surface area contributed by atoms with Gasteiger partial charge in [0.2, 0.25) is 0 Å². The first-order valence-electron chi connectivity index (χ1n) is 4.23. The van der Waals surface area contributed by atoms with Gasteiger partial charge in [-0.1, -0.05) is 0 Å². The highest BCUT2D eigenvalue weighted by Crippen LogP contribution is 2.18. The Morgan fingerprint density at radius 3 is 1.33 bits per heavy atom. The van der Waals surface area contributed by atoms with Crippen molar-refractivity contribution in [3.05, 3.63) is 0 Å². The van der Waals surface area contributed by atoms with Gasteiger partial charge in [0, 0.05) is 12.8 Å². The van der Waals surface area contributed by atoms with Crippen LogP contribution < -0.4 is 0 Å². The van der Waals surface area contributed by atoms with Gasteiger partial charge in [-0.25, -0.2) is 0 Å². The molecule has 3 N–H and O–H groups in total. The van der Waals surface area contributed by atoms with Crippen LogP contribution in [0, 0.1) is 0 Å². The van der Waals surface area contributed by atoms with Crippen LogP contribution in [0.4, 0.5) is 0 Å². The number of aliphatic hydroxyl groups excluding tert-OH is 1. The molecule has 3 heteroatoms. The van der Waals surface area contributed by atoms with Crippen molar-refractivity contribution in [1.82, 2.24) is 0 Å². The maximum absolute atomic E-state index is 9.40. The second-order valence-corrected chi connectivity index (χ2v) is 4.69. The maximum atomic E-state index is 9.40. The molecule has 0 unspecified atom stereocenters. The minimum Gasteiger partial charge on any atom is -0.393 e. The Hall–Kier alpha value is -0.120. The molecule has 0 amide bonds. The van der Waals surface area contributed by atoms with E-state index in [0.717, 1.165) is 0 Å². The average molecular weight is 176 g/mol. The fourth-order valence-electron chi connectivity index (χ4n) is 1.23. The summed E-state index contributed by atoms with van der Waals surface area (Å²) in [6, 6.07) is 0. The number of hydrogen-bond donors (Lipinski definition) is 3. The molecular formula is C9H20O3. The van der Waals surface area contributed by atoms with Crippen molar-refractivity contribution in [2.24, 2.45) is 0 Å². The summed E-state index contributed by atoms with van der Waals surface area (Å²) in [5, 5.41) is 28.1. The summed E-state index contributed by atoms with van der Waals surface area (Å²) in [4.78, 5) is 0. The van der Waals surface area contributed by atoms with Crippen LogP contribution in [0.15, 0.2) is 0 Å². The average Bonchev–Trinajstić information content (AvgIpc) is 1.49. The summed E-state index contributed by atoms with van der Waals surface area (Å²) < 4.78 is 0. The van der Waals surface area contributed by atoms with Crippen LogP contribution in [-0.2, 0) is 0 Å². The Balaban J connectivity index is 3.83. The smallest absolute Gasteiger partial charge is 0.0616 e. The van der Waals surface area contributed by atoms with Gasteiger partial charge in [-0.2, -0.15) is 0 Å².